The van der Waals surface area contributed by atoms with Crippen molar-refractivity contribution < 1.29 is 24.2 Å². The summed E-state index contributed by atoms with van der Waals surface area (Å²) in [7, 11) is 0. The zero-order chi connectivity index (χ0) is 17.4. The van der Waals surface area contributed by atoms with E-state index in [1.165, 1.54) is 4.90 Å². The van der Waals surface area contributed by atoms with Crippen LogP contribution in [0.4, 0.5) is 0 Å². The van der Waals surface area contributed by atoms with E-state index in [0.717, 1.165) is 11.1 Å². The lowest BCUT2D eigenvalue weighted by atomic mass is 9.93. The summed E-state index contributed by atoms with van der Waals surface area (Å²) in [5.74, 6) is -0.293. The van der Waals surface area contributed by atoms with Gasteiger partial charge in [-0.05, 0) is 23.3 Å². The molecule has 0 fully saturated rings. The third-order valence-electron chi connectivity index (χ3n) is 4.60. The smallest absolute Gasteiger partial charge is 0.326 e. The topological polar surface area (TPSA) is 76.1 Å². The normalized spacial score (nSPS) is 21.4. The average molecular weight is 339 g/mol. The van der Waals surface area contributed by atoms with Crippen LogP contribution in [-0.4, -0.2) is 40.6 Å². The Labute approximate surface area is 144 Å². The summed E-state index contributed by atoms with van der Waals surface area (Å²) in [6, 6.07) is 13.8. The highest BCUT2D eigenvalue weighted by Gasteiger charge is 2.39. The fraction of sp³-hybridized carbons (Fsp3) is 0.263. The van der Waals surface area contributed by atoms with Crippen LogP contribution in [0, 0.1) is 0 Å². The van der Waals surface area contributed by atoms with Crippen LogP contribution in [0.5, 0.6) is 11.5 Å². The molecule has 2 aliphatic rings. The van der Waals surface area contributed by atoms with E-state index in [1.807, 2.05) is 30.3 Å². The van der Waals surface area contributed by atoms with Crippen LogP contribution < -0.4 is 9.47 Å². The molecule has 6 heteroatoms. The van der Waals surface area contributed by atoms with E-state index in [9.17, 15) is 14.7 Å². The fourth-order valence-corrected chi connectivity index (χ4v) is 3.30. The quantitative estimate of drug-likeness (QED) is 0.904. The second-order valence-electron chi connectivity index (χ2n) is 6.16. The lowest BCUT2D eigenvalue weighted by Crippen LogP contribution is -2.54. The van der Waals surface area contributed by atoms with Crippen molar-refractivity contribution in [1.82, 2.24) is 4.90 Å². The van der Waals surface area contributed by atoms with E-state index in [0.29, 0.717) is 17.9 Å². The zero-order valence-electron chi connectivity index (χ0n) is 13.4. The third-order valence-corrected chi connectivity index (χ3v) is 4.60. The molecular weight excluding hydrogens is 322 g/mol. The van der Waals surface area contributed by atoms with Crippen molar-refractivity contribution in [3.63, 3.8) is 0 Å². The highest BCUT2D eigenvalue weighted by molar-refractivity contribution is 5.87. The molecule has 0 radical (unpaired) electrons. The van der Waals surface area contributed by atoms with Gasteiger partial charge in [-0.2, -0.15) is 0 Å². The number of para-hydroxylation sites is 2. The number of amides is 1. The molecule has 2 aliphatic heterocycles. The van der Waals surface area contributed by atoms with Crippen molar-refractivity contribution in [2.45, 2.75) is 25.1 Å². The Kier molecular flexibility index (Phi) is 3.80. The van der Waals surface area contributed by atoms with Crippen molar-refractivity contribution in [2.75, 3.05) is 6.61 Å². The Morgan fingerprint density at radius 2 is 1.68 bits per heavy atom. The molecule has 0 bridgehead atoms. The van der Waals surface area contributed by atoms with Crippen LogP contribution in [-0.2, 0) is 22.6 Å². The zero-order valence-corrected chi connectivity index (χ0v) is 13.4. The fourth-order valence-electron chi connectivity index (χ4n) is 3.30. The summed E-state index contributed by atoms with van der Waals surface area (Å²) in [6.45, 7) is 0.327. The molecule has 128 valence electrons. The van der Waals surface area contributed by atoms with Gasteiger partial charge in [-0.3, -0.25) is 4.79 Å². The Bertz CT molecular complexity index is 834. The molecule has 0 saturated carbocycles. The van der Waals surface area contributed by atoms with E-state index in [2.05, 4.69) is 0 Å². The second-order valence-corrected chi connectivity index (χ2v) is 6.16. The summed E-state index contributed by atoms with van der Waals surface area (Å²) in [4.78, 5) is 26.0. The first kappa shape index (κ1) is 15.5. The van der Waals surface area contributed by atoms with Gasteiger partial charge in [0.2, 0.25) is 6.10 Å². The highest BCUT2D eigenvalue weighted by Crippen LogP contribution is 2.32. The molecule has 2 aromatic rings. The largest absolute Gasteiger partial charge is 0.485 e. The first-order valence-electron chi connectivity index (χ1n) is 8.12. The minimum Gasteiger partial charge on any atom is -0.485 e. The van der Waals surface area contributed by atoms with Crippen molar-refractivity contribution >= 4 is 11.9 Å². The molecule has 1 amide bonds. The van der Waals surface area contributed by atoms with Gasteiger partial charge < -0.3 is 19.5 Å². The van der Waals surface area contributed by atoms with E-state index in [-0.39, 0.29) is 19.1 Å². The summed E-state index contributed by atoms with van der Waals surface area (Å²) in [6.07, 6.45) is -0.552. The summed E-state index contributed by atoms with van der Waals surface area (Å²) in [5, 5.41) is 9.57. The SMILES string of the molecule is O=C(O)[C@@H]1Cc2ccccc2CN1C(=O)[C@@H]1COc2ccccc2O1. The van der Waals surface area contributed by atoms with Crippen molar-refractivity contribution in [3.8, 4) is 11.5 Å². The lowest BCUT2D eigenvalue weighted by Gasteiger charge is -2.37. The number of nitrogens with zero attached hydrogens (tertiary/aromatic N) is 1. The van der Waals surface area contributed by atoms with Gasteiger partial charge in [0.25, 0.3) is 5.91 Å². The summed E-state index contributed by atoms with van der Waals surface area (Å²) >= 11 is 0. The first-order chi connectivity index (χ1) is 12.1. The predicted molar refractivity (Wildman–Crippen MR) is 88.5 cm³/mol. The van der Waals surface area contributed by atoms with Gasteiger partial charge in [-0.1, -0.05) is 36.4 Å². The van der Waals surface area contributed by atoms with E-state index >= 15 is 0 Å². The number of carbonyl (C=O) groups excluding carboxylic acids is 1. The maximum absolute atomic E-state index is 12.9. The van der Waals surface area contributed by atoms with E-state index in [1.54, 1.807) is 18.2 Å². The third kappa shape index (κ3) is 2.80. The molecule has 4 rings (SSSR count). The molecule has 2 atom stereocenters. The minimum atomic E-state index is -1.01. The molecule has 0 saturated heterocycles. The Balaban J connectivity index is 1.59. The number of benzene rings is 2. The minimum absolute atomic E-state index is 0.0698. The number of hydrogen-bond donors (Lipinski definition) is 1. The molecular formula is C19H17NO5. The molecule has 1 N–H and O–H groups in total. The highest BCUT2D eigenvalue weighted by atomic mass is 16.6. The van der Waals surface area contributed by atoms with Gasteiger partial charge in [0.1, 0.15) is 12.6 Å². The summed E-state index contributed by atoms with van der Waals surface area (Å²) in [5.41, 5.74) is 1.93. The van der Waals surface area contributed by atoms with Gasteiger partial charge >= 0.3 is 5.97 Å². The monoisotopic (exact) mass is 339 g/mol. The van der Waals surface area contributed by atoms with Crippen LogP contribution in [0.25, 0.3) is 0 Å². The second kappa shape index (κ2) is 6.12. The number of fused-ring (bicyclic) bond motifs is 2. The molecule has 0 aliphatic carbocycles. The van der Waals surface area contributed by atoms with Crippen molar-refractivity contribution in [1.29, 1.82) is 0 Å². The number of rotatable bonds is 2. The van der Waals surface area contributed by atoms with Crippen LogP contribution in [0.1, 0.15) is 11.1 Å². The lowest BCUT2D eigenvalue weighted by molar-refractivity contribution is -0.156. The van der Waals surface area contributed by atoms with E-state index in [4.69, 9.17) is 9.47 Å². The van der Waals surface area contributed by atoms with Gasteiger partial charge in [0.15, 0.2) is 11.5 Å². The number of ether oxygens (including phenoxy) is 2. The summed E-state index contributed by atoms with van der Waals surface area (Å²) < 4.78 is 11.3. The maximum Gasteiger partial charge on any atom is 0.326 e. The molecule has 2 heterocycles. The molecule has 25 heavy (non-hydrogen) atoms. The predicted octanol–water partition coefficient (Wildman–Crippen LogP) is 1.86. The van der Waals surface area contributed by atoms with Gasteiger partial charge in [0, 0.05) is 13.0 Å². The Hall–Kier alpha value is -3.02. The number of hydrogen-bond acceptors (Lipinski definition) is 4. The van der Waals surface area contributed by atoms with Crippen LogP contribution in [0.3, 0.4) is 0 Å². The average Bonchev–Trinajstić information content (AvgIpc) is 2.66. The number of aliphatic carboxylic acids is 1. The number of carboxylic acid groups (broad SMARTS) is 1. The molecule has 0 aromatic heterocycles. The van der Waals surface area contributed by atoms with Gasteiger partial charge in [-0.25, -0.2) is 4.79 Å². The van der Waals surface area contributed by atoms with Gasteiger partial charge in [-0.15, -0.1) is 0 Å². The molecule has 0 spiro atoms. The number of carboxylic acids is 1. The number of carbonyl (C=O) groups is 2. The Morgan fingerprint density at radius 1 is 1.00 bits per heavy atom. The van der Waals surface area contributed by atoms with Crippen molar-refractivity contribution in [3.05, 3.63) is 59.7 Å². The first-order valence-corrected chi connectivity index (χ1v) is 8.12. The molecule has 0 unspecified atom stereocenters. The molecule has 2 aromatic carbocycles. The van der Waals surface area contributed by atoms with Crippen LogP contribution in [0.15, 0.2) is 48.5 Å². The van der Waals surface area contributed by atoms with Crippen LogP contribution in [0.2, 0.25) is 0 Å². The van der Waals surface area contributed by atoms with Crippen LogP contribution >= 0.6 is 0 Å². The molecule has 6 nitrogen and oxygen atoms in total. The Morgan fingerprint density at radius 3 is 2.44 bits per heavy atom. The van der Waals surface area contributed by atoms with Gasteiger partial charge in [0.05, 0.1) is 0 Å². The standard InChI is InChI=1S/C19H17NO5/c21-18(17-11-24-15-7-3-4-8-16(15)25-17)20-10-13-6-2-1-5-12(13)9-14(20)19(22)23/h1-8,14,17H,9-11H2,(H,22,23)/t14-,17-/m0/s1. The van der Waals surface area contributed by atoms with Crippen molar-refractivity contribution in [2.24, 2.45) is 0 Å². The maximum atomic E-state index is 12.9. The van der Waals surface area contributed by atoms with E-state index < -0.39 is 18.1 Å².